The second-order valence-electron chi connectivity index (χ2n) is 6.83. The molecule has 1 aromatic rings. The molecule has 1 aromatic heterocycles. The lowest BCUT2D eigenvalue weighted by molar-refractivity contribution is -0.132. The average molecular weight is 412 g/mol. The van der Waals surface area contributed by atoms with Crippen LogP contribution in [0.25, 0.3) is 0 Å². The summed E-state index contributed by atoms with van der Waals surface area (Å²) in [5.41, 5.74) is 0.706. The molecule has 0 N–H and O–H groups in total. The molecule has 2 saturated heterocycles. The Balaban J connectivity index is 1.54. The molecule has 0 aliphatic carbocycles. The highest BCUT2D eigenvalue weighted by atomic mass is 79.9. The summed E-state index contributed by atoms with van der Waals surface area (Å²) in [6, 6.07) is 0. The summed E-state index contributed by atoms with van der Waals surface area (Å²) in [6.45, 7) is 5.54. The van der Waals surface area contributed by atoms with Crippen LogP contribution in [-0.4, -0.2) is 71.3 Å². The number of nitrogens with zero attached hydrogens (tertiary/aromatic N) is 5. The Hall–Kier alpha value is -1.41. The van der Waals surface area contributed by atoms with Gasteiger partial charge in [-0.3, -0.25) is 14.5 Å². The van der Waals surface area contributed by atoms with Gasteiger partial charge in [0.25, 0.3) is 5.56 Å². The van der Waals surface area contributed by atoms with Gasteiger partial charge in [-0.1, -0.05) is 12.8 Å². The number of carbonyl (C=O) groups excluding carboxylic acids is 1. The Kier molecular flexibility index (Phi) is 6.11. The van der Waals surface area contributed by atoms with Crippen LogP contribution in [0.4, 0.5) is 5.69 Å². The second kappa shape index (κ2) is 8.31. The van der Waals surface area contributed by atoms with Gasteiger partial charge in [0, 0.05) is 46.3 Å². The zero-order valence-corrected chi connectivity index (χ0v) is 16.4. The third-order valence-electron chi connectivity index (χ3n) is 5.09. The lowest BCUT2D eigenvalue weighted by Gasteiger charge is -2.36. The van der Waals surface area contributed by atoms with Gasteiger partial charge in [0.05, 0.1) is 18.4 Å². The van der Waals surface area contributed by atoms with E-state index < -0.39 is 0 Å². The average Bonchev–Trinajstić information content (AvgIpc) is 2.90. The molecule has 0 bridgehead atoms. The van der Waals surface area contributed by atoms with E-state index in [4.69, 9.17) is 0 Å². The van der Waals surface area contributed by atoms with Gasteiger partial charge >= 0.3 is 0 Å². The molecule has 25 heavy (non-hydrogen) atoms. The quantitative estimate of drug-likeness (QED) is 0.744. The number of carbonyl (C=O) groups is 1. The fraction of sp³-hybridized carbons (Fsp3) is 0.706. The van der Waals surface area contributed by atoms with Crippen LogP contribution in [0.15, 0.2) is 15.5 Å². The van der Waals surface area contributed by atoms with E-state index in [0.29, 0.717) is 11.0 Å². The maximum atomic E-state index is 12.5. The standard InChI is InChI=1S/C17H26BrN5O2/c1-20-17(25)16(18)14(12-19-20)22-10-8-21(9-11-22)13-15(24)23-6-4-2-3-5-7-23/h12H,2-11,13H2,1H3. The number of hydrogen-bond donors (Lipinski definition) is 0. The fourth-order valence-electron chi connectivity index (χ4n) is 3.48. The summed E-state index contributed by atoms with van der Waals surface area (Å²) >= 11 is 3.39. The number of halogens is 1. The summed E-state index contributed by atoms with van der Waals surface area (Å²) in [6.07, 6.45) is 6.46. The molecule has 0 spiro atoms. The molecule has 2 fully saturated rings. The molecule has 0 atom stereocenters. The number of anilines is 1. The molecule has 8 heteroatoms. The minimum Gasteiger partial charge on any atom is -0.367 e. The molecular formula is C17H26BrN5O2. The van der Waals surface area contributed by atoms with Crippen molar-refractivity contribution in [3.05, 3.63) is 21.0 Å². The smallest absolute Gasteiger partial charge is 0.282 e. The van der Waals surface area contributed by atoms with E-state index >= 15 is 0 Å². The van der Waals surface area contributed by atoms with E-state index in [0.717, 1.165) is 57.8 Å². The first-order valence-electron chi connectivity index (χ1n) is 9.03. The molecule has 3 rings (SSSR count). The molecule has 2 aliphatic rings. The highest BCUT2D eigenvalue weighted by Gasteiger charge is 2.24. The first-order valence-corrected chi connectivity index (χ1v) is 9.82. The van der Waals surface area contributed by atoms with Crippen LogP contribution in [0.5, 0.6) is 0 Å². The summed E-state index contributed by atoms with van der Waals surface area (Å²) in [4.78, 5) is 30.9. The normalized spacial score (nSPS) is 19.8. The molecule has 2 aliphatic heterocycles. The second-order valence-corrected chi connectivity index (χ2v) is 7.62. The van der Waals surface area contributed by atoms with Gasteiger partial charge in [0.1, 0.15) is 4.47 Å². The Bertz CT molecular complexity index is 661. The van der Waals surface area contributed by atoms with Crippen molar-refractivity contribution in [3.8, 4) is 0 Å². The summed E-state index contributed by atoms with van der Waals surface area (Å²) < 4.78 is 1.88. The van der Waals surface area contributed by atoms with E-state index in [1.807, 2.05) is 4.90 Å². The van der Waals surface area contributed by atoms with Gasteiger partial charge in [0.2, 0.25) is 5.91 Å². The Morgan fingerprint density at radius 3 is 2.36 bits per heavy atom. The van der Waals surface area contributed by atoms with E-state index in [-0.39, 0.29) is 11.5 Å². The van der Waals surface area contributed by atoms with Crippen LogP contribution >= 0.6 is 15.9 Å². The molecule has 138 valence electrons. The van der Waals surface area contributed by atoms with Crippen molar-refractivity contribution in [1.29, 1.82) is 0 Å². The van der Waals surface area contributed by atoms with Gasteiger partial charge < -0.3 is 9.80 Å². The van der Waals surface area contributed by atoms with Crippen molar-refractivity contribution in [2.24, 2.45) is 7.05 Å². The molecule has 0 radical (unpaired) electrons. The van der Waals surface area contributed by atoms with Crippen LogP contribution in [0.3, 0.4) is 0 Å². The van der Waals surface area contributed by atoms with E-state index in [1.165, 1.54) is 17.5 Å². The number of aryl methyl sites for hydroxylation is 1. The van der Waals surface area contributed by atoms with E-state index in [9.17, 15) is 9.59 Å². The number of amides is 1. The van der Waals surface area contributed by atoms with Crippen LogP contribution in [0.1, 0.15) is 25.7 Å². The van der Waals surface area contributed by atoms with Gasteiger partial charge in [0.15, 0.2) is 0 Å². The minimum absolute atomic E-state index is 0.128. The molecule has 0 unspecified atom stereocenters. The SMILES string of the molecule is Cn1ncc(N2CCN(CC(=O)N3CCCCCC3)CC2)c(Br)c1=O. The first kappa shape index (κ1) is 18.4. The number of rotatable bonds is 3. The van der Waals surface area contributed by atoms with E-state index in [1.54, 1.807) is 13.2 Å². The Labute approximate surface area is 156 Å². The van der Waals surface area contributed by atoms with Crippen LogP contribution in [0.2, 0.25) is 0 Å². The molecule has 3 heterocycles. The lowest BCUT2D eigenvalue weighted by Crippen LogP contribution is -2.50. The number of likely N-dealkylation sites (tertiary alicyclic amines) is 1. The largest absolute Gasteiger partial charge is 0.367 e. The predicted octanol–water partition coefficient (Wildman–Crippen LogP) is 1.07. The van der Waals surface area contributed by atoms with Crippen molar-refractivity contribution in [2.75, 3.05) is 50.7 Å². The highest BCUT2D eigenvalue weighted by molar-refractivity contribution is 9.10. The molecule has 7 nitrogen and oxygen atoms in total. The van der Waals surface area contributed by atoms with Gasteiger partial charge in [-0.05, 0) is 28.8 Å². The summed E-state index contributed by atoms with van der Waals surface area (Å²) in [7, 11) is 1.64. The molecular weight excluding hydrogens is 386 g/mol. The molecule has 1 amide bonds. The maximum absolute atomic E-state index is 12.5. The van der Waals surface area contributed by atoms with Gasteiger partial charge in [-0.15, -0.1) is 0 Å². The predicted molar refractivity (Wildman–Crippen MR) is 101 cm³/mol. The number of piperazine rings is 1. The maximum Gasteiger partial charge on any atom is 0.282 e. The lowest BCUT2D eigenvalue weighted by atomic mass is 10.2. The van der Waals surface area contributed by atoms with Crippen LogP contribution in [-0.2, 0) is 11.8 Å². The van der Waals surface area contributed by atoms with E-state index in [2.05, 4.69) is 30.8 Å². The van der Waals surface area contributed by atoms with Crippen molar-refractivity contribution in [1.82, 2.24) is 19.6 Å². The summed E-state index contributed by atoms with van der Waals surface area (Å²) in [5, 5.41) is 4.11. The van der Waals surface area contributed by atoms with Crippen LogP contribution < -0.4 is 10.5 Å². The zero-order chi connectivity index (χ0) is 17.8. The van der Waals surface area contributed by atoms with Gasteiger partial charge in [-0.25, -0.2) is 4.68 Å². The Morgan fingerprint density at radius 1 is 1.08 bits per heavy atom. The zero-order valence-electron chi connectivity index (χ0n) is 14.8. The van der Waals surface area contributed by atoms with Crippen molar-refractivity contribution in [3.63, 3.8) is 0 Å². The third kappa shape index (κ3) is 4.41. The molecule has 0 saturated carbocycles. The third-order valence-corrected chi connectivity index (χ3v) is 5.84. The van der Waals surface area contributed by atoms with Gasteiger partial charge in [-0.2, -0.15) is 5.10 Å². The fourth-order valence-corrected chi connectivity index (χ4v) is 4.09. The minimum atomic E-state index is -0.128. The van der Waals surface area contributed by atoms with Crippen molar-refractivity contribution >= 4 is 27.5 Å². The van der Waals surface area contributed by atoms with Crippen LogP contribution in [0, 0.1) is 0 Å². The highest BCUT2D eigenvalue weighted by Crippen LogP contribution is 2.22. The number of hydrogen-bond acceptors (Lipinski definition) is 5. The number of aromatic nitrogens is 2. The first-order chi connectivity index (χ1) is 12.1. The topological polar surface area (TPSA) is 61.7 Å². The summed E-state index contributed by atoms with van der Waals surface area (Å²) in [5.74, 6) is 0.256. The Morgan fingerprint density at radius 2 is 1.72 bits per heavy atom. The molecule has 0 aromatic carbocycles. The van der Waals surface area contributed by atoms with Crippen molar-refractivity contribution in [2.45, 2.75) is 25.7 Å². The monoisotopic (exact) mass is 411 g/mol. The van der Waals surface area contributed by atoms with Crippen molar-refractivity contribution < 1.29 is 4.79 Å².